The van der Waals surface area contributed by atoms with Crippen molar-refractivity contribution < 1.29 is 19.0 Å². The Bertz CT molecular complexity index is 1240. The number of hydrogen-bond donors (Lipinski definition) is 0. The summed E-state index contributed by atoms with van der Waals surface area (Å²) in [6.45, 7) is 0.359. The number of carbonyl (C=O) groups is 1. The van der Waals surface area contributed by atoms with Crippen LogP contribution in [-0.4, -0.2) is 19.0 Å². The largest absolute Gasteiger partial charge is 0.493 e. The first-order chi connectivity index (χ1) is 15.4. The van der Waals surface area contributed by atoms with Crippen LogP contribution in [0.2, 0.25) is 15.1 Å². The SMILES string of the molecule is COc1cc(/C=C2\N=C(c3ccc(Cl)c(Cl)c3)OC2=O)ccc1OCc1ccc(Cl)cc1. The van der Waals surface area contributed by atoms with Gasteiger partial charge in [-0.25, -0.2) is 9.79 Å². The molecule has 0 atom stereocenters. The van der Waals surface area contributed by atoms with Crippen LogP contribution in [0.25, 0.3) is 6.08 Å². The summed E-state index contributed by atoms with van der Waals surface area (Å²) in [7, 11) is 1.55. The molecule has 162 valence electrons. The van der Waals surface area contributed by atoms with E-state index in [2.05, 4.69) is 4.99 Å². The van der Waals surface area contributed by atoms with Crippen molar-refractivity contribution in [1.29, 1.82) is 0 Å². The molecular weight excluding hydrogens is 473 g/mol. The number of aliphatic imine (C=N–C) groups is 1. The molecule has 3 aromatic rings. The van der Waals surface area contributed by atoms with Crippen LogP contribution in [-0.2, 0) is 16.1 Å². The van der Waals surface area contributed by atoms with Gasteiger partial charge in [-0.05, 0) is 59.7 Å². The molecule has 0 N–H and O–H groups in total. The summed E-state index contributed by atoms with van der Waals surface area (Å²) in [5.74, 6) is 0.690. The number of benzene rings is 3. The van der Waals surface area contributed by atoms with Gasteiger partial charge in [-0.1, -0.05) is 53.0 Å². The zero-order chi connectivity index (χ0) is 22.7. The summed E-state index contributed by atoms with van der Waals surface area (Å²) >= 11 is 17.9. The van der Waals surface area contributed by atoms with E-state index in [0.29, 0.717) is 44.3 Å². The number of nitrogens with zero attached hydrogens (tertiary/aromatic N) is 1. The third-order valence-electron chi connectivity index (χ3n) is 4.59. The van der Waals surface area contributed by atoms with Crippen LogP contribution in [0.5, 0.6) is 11.5 Å². The van der Waals surface area contributed by atoms with Crippen molar-refractivity contribution in [3.63, 3.8) is 0 Å². The van der Waals surface area contributed by atoms with Crippen molar-refractivity contribution >= 4 is 52.7 Å². The average Bonchev–Trinajstić information content (AvgIpc) is 3.15. The third kappa shape index (κ3) is 5.07. The second-order valence-electron chi connectivity index (χ2n) is 6.79. The highest BCUT2D eigenvalue weighted by Gasteiger charge is 2.24. The normalized spacial score (nSPS) is 14.3. The Hall–Kier alpha value is -2.99. The van der Waals surface area contributed by atoms with Gasteiger partial charge in [0.25, 0.3) is 0 Å². The second kappa shape index (κ2) is 9.65. The van der Waals surface area contributed by atoms with Gasteiger partial charge in [-0.2, -0.15) is 0 Å². The van der Waals surface area contributed by atoms with Crippen LogP contribution in [0.15, 0.2) is 71.4 Å². The van der Waals surface area contributed by atoms with Gasteiger partial charge in [0.2, 0.25) is 5.90 Å². The van der Waals surface area contributed by atoms with Crippen molar-refractivity contribution in [3.05, 3.63) is 98.1 Å². The number of esters is 1. The number of carbonyl (C=O) groups excluding carboxylic acids is 1. The lowest BCUT2D eigenvalue weighted by atomic mass is 10.1. The van der Waals surface area contributed by atoms with E-state index in [1.54, 1.807) is 61.7 Å². The van der Waals surface area contributed by atoms with Crippen LogP contribution < -0.4 is 9.47 Å². The highest BCUT2D eigenvalue weighted by Crippen LogP contribution is 2.31. The van der Waals surface area contributed by atoms with E-state index >= 15 is 0 Å². The average molecular weight is 489 g/mol. The van der Waals surface area contributed by atoms with Gasteiger partial charge >= 0.3 is 5.97 Å². The topological polar surface area (TPSA) is 57.1 Å². The first-order valence-electron chi connectivity index (χ1n) is 9.46. The number of cyclic esters (lactones) is 1. The van der Waals surface area contributed by atoms with E-state index in [-0.39, 0.29) is 11.6 Å². The first kappa shape index (κ1) is 22.2. The molecule has 1 aliphatic rings. The van der Waals surface area contributed by atoms with Crippen molar-refractivity contribution in [2.45, 2.75) is 6.61 Å². The molecule has 8 heteroatoms. The van der Waals surface area contributed by atoms with Crippen molar-refractivity contribution in [3.8, 4) is 11.5 Å². The number of halogens is 3. The number of rotatable bonds is 6. The number of hydrogen-bond acceptors (Lipinski definition) is 5. The molecule has 0 saturated carbocycles. The quantitative estimate of drug-likeness (QED) is 0.290. The molecule has 5 nitrogen and oxygen atoms in total. The van der Waals surface area contributed by atoms with E-state index in [9.17, 15) is 4.79 Å². The van der Waals surface area contributed by atoms with Crippen LogP contribution in [0.3, 0.4) is 0 Å². The lowest BCUT2D eigenvalue weighted by molar-refractivity contribution is -0.129. The molecule has 4 rings (SSSR count). The summed E-state index contributed by atoms with van der Waals surface area (Å²) in [5, 5.41) is 1.42. The Kier molecular flexibility index (Phi) is 6.70. The summed E-state index contributed by atoms with van der Waals surface area (Å²) in [5.41, 5.74) is 2.38. The van der Waals surface area contributed by atoms with E-state index in [1.165, 1.54) is 0 Å². The molecule has 1 heterocycles. The zero-order valence-electron chi connectivity index (χ0n) is 16.8. The van der Waals surface area contributed by atoms with Crippen molar-refractivity contribution in [2.24, 2.45) is 4.99 Å². The molecule has 0 saturated heterocycles. The smallest absolute Gasteiger partial charge is 0.363 e. The summed E-state index contributed by atoms with van der Waals surface area (Å²) in [6.07, 6.45) is 1.61. The fourth-order valence-electron chi connectivity index (χ4n) is 2.95. The Morgan fingerprint density at radius 2 is 1.72 bits per heavy atom. The predicted octanol–water partition coefficient (Wildman–Crippen LogP) is 6.58. The standard InChI is InChI=1S/C24H16Cl3NO4/c1-30-22-11-15(4-9-21(22)31-13-14-2-6-17(25)7-3-14)10-20-24(29)32-23(28-20)16-5-8-18(26)19(27)12-16/h2-12H,13H2,1H3/b20-10-. The van der Waals surface area contributed by atoms with Crippen molar-refractivity contribution in [1.82, 2.24) is 0 Å². The van der Waals surface area contributed by atoms with E-state index in [0.717, 1.165) is 5.56 Å². The highest BCUT2D eigenvalue weighted by atomic mass is 35.5. The molecule has 0 radical (unpaired) electrons. The van der Waals surface area contributed by atoms with Crippen molar-refractivity contribution in [2.75, 3.05) is 7.11 Å². The Morgan fingerprint density at radius 1 is 0.938 bits per heavy atom. The number of ether oxygens (including phenoxy) is 3. The predicted molar refractivity (Wildman–Crippen MR) is 126 cm³/mol. The minimum atomic E-state index is -0.562. The first-order valence-corrected chi connectivity index (χ1v) is 10.6. The molecule has 0 spiro atoms. The van der Waals surface area contributed by atoms with E-state index < -0.39 is 5.97 Å². The second-order valence-corrected chi connectivity index (χ2v) is 8.04. The Balaban J connectivity index is 1.54. The molecule has 0 aromatic heterocycles. The molecule has 0 fully saturated rings. The van der Waals surface area contributed by atoms with Crippen LogP contribution in [0.1, 0.15) is 16.7 Å². The molecule has 1 aliphatic heterocycles. The Labute approximate surface area is 199 Å². The molecule has 0 bridgehead atoms. The molecule has 32 heavy (non-hydrogen) atoms. The van der Waals surface area contributed by atoms with Gasteiger partial charge in [0, 0.05) is 10.6 Å². The minimum absolute atomic E-state index is 0.156. The summed E-state index contributed by atoms with van der Waals surface area (Å²) in [4.78, 5) is 16.6. The lowest BCUT2D eigenvalue weighted by Gasteiger charge is -2.11. The van der Waals surface area contributed by atoms with Gasteiger partial charge in [0.15, 0.2) is 17.2 Å². The molecular formula is C24H16Cl3NO4. The van der Waals surface area contributed by atoms with Gasteiger partial charge in [0.05, 0.1) is 17.2 Å². The molecule has 0 unspecified atom stereocenters. The third-order valence-corrected chi connectivity index (χ3v) is 5.58. The molecule has 3 aromatic carbocycles. The van der Waals surface area contributed by atoms with Gasteiger partial charge < -0.3 is 14.2 Å². The Morgan fingerprint density at radius 3 is 2.44 bits per heavy atom. The maximum Gasteiger partial charge on any atom is 0.363 e. The number of methoxy groups -OCH3 is 1. The van der Waals surface area contributed by atoms with Crippen LogP contribution >= 0.6 is 34.8 Å². The van der Waals surface area contributed by atoms with Gasteiger partial charge in [-0.15, -0.1) is 0 Å². The zero-order valence-corrected chi connectivity index (χ0v) is 19.0. The minimum Gasteiger partial charge on any atom is -0.493 e. The van der Waals surface area contributed by atoms with E-state index in [4.69, 9.17) is 49.0 Å². The monoisotopic (exact) mass is 487 g/mol. The fourth-order valence-corrected chi connectivity index (χ4v) is 3.38. The summed E-state index contributed by atoms with van der Waals surface area (Å²) < 4.78 is 16.6. The maximum absolute atomic E-state index is 12.3. The molecule has 0 amide bonds. The van der Waals surface area contributed by atoms with E-state index in [1.807, 2.05) is 12.1 Å². The van der Waals surface area contributed by atoms with Gasteiger partial charge in [-0.3, -0.25) is 0 Å². The summed E-state index contributed by atoms with van der Waals surface area (Å²) in [6, 6.07) is 17.6. The fraction of sp³-hybridized carbons (Fsp3) is 0.0833. The lowest BCUT2D eigenvalue weighted by Crippen LogP contribution is -2.05. The van der Waals surface area contributed by atoms with Gasteiger partial charge in [0.1, 0.15) is 6.61 Å². The van der Waals surface area contributed by atoms with Crippen LogP contribution in [0, 0.1) is 0 Å². The maximum atomic E-state index is 12.3. The molecule has 0 aliphatic carbocycles. The highest BCUT2D eigenvalue weighted by molar-refractivity contribution is 6.42. The van der Waals surface area contributed by atoms with Crippen LogP contribution in [0.4, 0.5) is 0 Å².